The smallest absolute Gasteiger partial charge is 0.233 e. The Bertz CT molecular complexity index is 585. The van der Waals surface area contributed by atoms with E-state index < -0.39 is 0 Å². The monoisotopic (exact) mass is 330 g/mol. The van der Waals surface area contributed by atoms with E-state index >= 15 is 0 Å². The lowest BCUT2D eigenvalue weighted by Crippen LogP contribution is -2.44. The first-order valence-corrected chi connectivity index (χ1v) is 9.09. The van der Waals surface area contributed by atoms with Crippen LogP contribution in [0.3, 0.4) is 0 Å². The highest BCUT2D eigenvalue weighted by Crippen LogP contribution is 2.44. The molecule has 0 spiro atoms. The molecule has 0 bridgehead atoms. The van der Waals surface area contributed by atoms with E-state index in [1.165, 1.54) is 6.42 Å². The standard InChI is InChI=1S/C18H26N4O2/c23-17(18-6-2-1-3-14(18)11-19-13-18)21-16-5-4-15(12-20-16)22-7-9-24-10-8-22/h4-5,12,14,19H,1-3,6-11,13H2,(H,20,21,23)/t14-,18+/m0/s1. The van der Waals surface area contributed by atoms with Crippen LogP contribution in [0.4, 0.5) is 11.5 Å². The van der Waals surface area contributed by atoms with Crippen molar-refractivity contribution in [3.05, 3.63) is 18.3 Å². The molecule has 1 aliphatic carbocycles. The van der Waals surface area contributed by atoms with Crippen LogP contribution in [0.2, 0.25) is 0 Å². The lowest BCUT2D eigenvalue weighted by atomic mass is 9.67. The summed E-state index contributed by atoms with van der Waals surface area (Å²) in [4.78, 5) is 19.7. The highest BCUT2D eigenvalue weighted by Gasteiger charge is 2.49. The van der Waals surface area contributed by atoms with Crippen LogP contribution in [0.15, 0.2) is 18.3 Å². The molecule has 2 aliphatic heterocycles. The molecule has 3 aliphatic rings. The van der Waals surface area contributed by atoms with Gasteiger partial charge in [0, 0.05) is 19.6 Å². The van der Waals surface area contributed by atoms with Crippen molar-refractivity contribution in [3.8, 4) is 0 Å². The van der Waals surface area contributed by atoms with Gasteiger partial charge in [0.1, 0.15) is 5.82 Å². The third-order valence-corrected chi connectivity index (χ3v) is 5.86. The van der Waals surface area contributed by atoms with Crippen molar-refractivity contribution >= 4 is 17.4 Å². The summed E-state index contributed by atoms with van der Waals surface area (Å²) < 4.78 is 5.38. The van der Waals surface area contributed by atoms with Gasteiger partial charge in [0.15, 0.2) is 0 Å². The molecule has 1 amide bonds. The van der Waals surface area contributed by atoms with Crippen molar-refractivity contribution < 1.29 is 9.53 Å². The summed E-state index contributed by atoms with van der Waals surface area (Å²) >= 11 is 0. The molecule has 1 aromatic rings. The van der Waals surface area contributed by atoms with Crippen molar-refractivity contribution in [2.24, 2.45) is 11.3 Å². The Morgan fingerprint density at radius 3 is 3.00 bits per heavy atom. The first kappa shape index (κ1) is 15.8. The Balaban J connectivity index is 1.44. The first-order valence-electron chi connectivity index (χ1n) is 9.09. The zero-order chi connectivity index (χ0) is 16.4. The zero-order valence-electron chi connectivity index (χ0n) is 14.1. The number of carbonyl (C=O) groups excluding carboxylic acids is 1. The topological polar surface area (TPSA) is 66.5 Å². The number of fused-ring (bicyclic) bond motifs is 1. The predicted octanol–water partition coefficient (Wildman–Crippen LogP) is 1.64. The molecule has 2 atom stereocenters. The molecule has 2 saturated heterocycles. The number of anilines is 2. The fraction of sp³-hybridized carbons (Fsp3) is 0.667. The maximum atomic E-state index is 12.9. The number of rotatable bonds is 3. The molecular weight excluding hydrogens is 304 g/mol. The number of ether oxygens (including phenoxy) is 1. The van der Waals surface area contributed by atoms with Gasteiger partial charge in [-0.15, -0.1) is 0 Å². The Kier molecular flexibility index (Phi) is 4.41. The van der Waals surface area contributed by atoms with Gasteiger partial charge in [0.25, 0.3) is 0 Å². The van der Waals surface area contributed by atoms with E-state index in [1.54, 1.807) is 0 Å². The largest absolute Gasteiger partial charge is 0.378 e. The van der Waals surface area contributed by atoms with E-state index in [-0.39, 0.29) is 11.3 Å². The molecule has 4 rings (SSSR count). The summed E-state index contributed by atoms with van der Waals surface area (Å²) in [6.45, 7) is 5.07. The van der Waals surface area contributed by atoms with Gasteiger partial charge in [-0.2, -0.15) is 0 Å². The van der Waals surface area contributed by atoms with E-state index in [0.29, 0.717) is 11.7 Å². The first-order chi connectivity index (χ1) is 11.8. The summed E-state index contributed by atoms with van der Waals surface area (Å²) in [6.07, 6.45) is 6.39. The van der Waals surface area contributed by atoms with Crippen molar-refractivity contribution in [1.29, 1.82) is 0 Å². The third kappa shape index (κ3) is 2.89. The van der Waals surface area contributed by atoms with Gasteiger partial charge >= 0.3 is 0 Å². The van der Waals surface area contributed by atoms with Gasteiger partial charge in [0.05, 0.1) is 30.5 Å². The van der Waals surface area contributed by atoms with Gasteiger partial charge in [-0.05, 0) is 37.4 Å². The average molecular weight is 330 g/mol. The summed E-state index contributed by atoms with van der Waals surface area (Å²) in [5, 5.41) is 6.49. The Morgan fingerprint density at radius 1 is 1.33 bits per heavy atom. The fourth-order valence-electron chi connectivity index (χ4n) is 4.40. The van der Waals surface area contributed by atoms with E-state index in [0.717, 1.165) is 64.3 Å². The molecule has 2 N–H and O–H groups in total. The second-order valence-electron chi connectivity index (χ2n) is 7.18. The molecule has 0 aromatic carbocycles. The second-order valence-corrected chi connectivity index (χ2v) is 7.18. The number of nitrogens with zero attached hydrogens (tertiary/aromatic N) is 2. The molecule has 0 unspecified atom stereocenters. The number of hydrogen-bond donors (Lipinski definition) is 2. The van der Waals surface area contributed by atoms with Crippen molar-refractivity contribution in [3.63, 3.8) is 0 Å². The van der Waals surface area contributed by atoms with E-state index in [9.17, 15) is 4.79 Å². The summed E-state index contributed by atoms with van der Waals surface area (Å²) in [5.41, 5.74) is 0.857. The highest BCUT2D eigenvalue weighted by atomic mass is 16.5. The number of pyridine rings is 1. The molecule has 6 nitrogen and oxygen atoms in total. The summed E-state index contributed by atoms with van der Waals surface area (Å²) in [5.74, 6) is 1.27. The van der Waals surface area contributed by atoms with Crippen LogP contribution in [0.5, 0.6) is 0 Å². The van der Waals surface area contributed by atoms with Gasteiger partial charge in [0.2, 0.25) is 5.91 Å². The van der Waals surface area contributed by atoms with Gasteiger partial charge in [-0.25, -0.2) is 4.98 Å². The maximum absolute atomic E-state index is 12.9. The van der Waals surface area contributed by atoms with Crippen molar-refractivity contribution in [1.82, 2.24) is 10.3 Å². The van der Waals surface area contributed by atoms with E-state index in [4.69, 9.17) is 4.74 Å². The Hall–Kier alpha value is -1.66. The fourth-order valence-corrected chi connectivity index (χ4v) is 4.40. The van der Waals surface area contributed by atoms with E-state index in [1.807, 2.05) is 18.3 Å². The van der Waals surface area contributed by atoms with Crippen LogP contribution in [0.1, 0.15) is 25.7 Å². The normalized spacial score (nSPS) is 30.0. The molecule has 130 valence electrons. The van der Waals surface area contributed by atoms with Gasteiger partial charge in [-0.3, -0.25) is 4.79 Å². The average Bonchev–Trinajstić information content (AvgIpc) is 3.08. The Morgan fingerprint density at radius 2 is 2.21 bits per heavy atom. The molecule has 6 heteroatoms. The number of carbonyl (C=O) groups is 1. The molecule has 0 radical (unpaired) electrons. The van der Waals surface area contributed by atoms with Crippen LogP contribution in [0.25, 0.3) is 0 Å². The van der Waals surface area contributed by atoms with Crippen LogP contribution >= 0.6 is 0 Å². The lowest BCUT2D eigenvalue weighted by Gasteiger charge is -2.37. The molecule has 1 saturated carbocycles. The number of hydrogen-bond acceptors (Lipinski definition) is 5. The minimum atomic E-state index is -0.233. The zero-order valence-corrected chi connectivity index (χ0v) is 14.1. The number of amides is 1. The summed E-state index contributed by atoms with van der Waals surface area (Å²) in [7, 11) is 0. The SMILES string of the molecule is O=C(Nc1ccc(N2CCOCC2)cn1)[C@@]12CCCC[C@H]1CNC2. The second kappa shape index (κ2) is 6.69. The molecule has 3 fully saturated rings. The quantitative estimate of drug-likeness (QED) is 0.882. The number of morpholine rings is 1. The minimum Gasteiger partial charge on any atom is -0.378 e. The molecule has 24 heavy (non-hydrogen) atoms. The van der Waals surface area contributed by atoms with Gasteiger partial charge < -0.3 is 20.3 Å². The van der Waals surface area contributed by atoms with Crippen LogP contribution in [-0.4, -0.2) is 50.3 Å². The lowest BCUT2D eigenvalue weighted by molar-refractivity contribution is -0.128. The number of nitrogens with one attached hydrogen (secondary N) is 2. The van der Waals surface area contributed by atoms with E-state index in [2.05, 4.69) is 20.5 Å². The van der Waals surface area contributed by atoms with Crippen LogP contribution < -0.4 is 15.5 Å². The minimum absolute atomic E-state index is 0.142. The maximum Gasteiger partial charge on any atom is 0.233 e. The van der Waals surface area contributed by atoms with Crippen LogP contribution in [0, 0.1) is 11.3 Å². The van der Waals surface area contributed by atoms with Crippen molar-refractivity contribution in [2.45, 2.75) is 25.7 Å². The summed E-state index contributed by atoms with van der Waals surface area (Å²) in [6, 6.07) is 3.95. The molecular formula is C18H26N4O2. The predicted molar refractivity (Wildman–Crippen MR) is 93.2 cm³/mol. The van der Waals surface area contributed by atoms with Crippen LogP contribution in [-0.2, 0) is 9.53 Å². The highest BCUT2D eigenvalue weighted by molar-refractivity contribution is 5.95. The van der Waals surface area contributed by atoms with Gasteiger partial charge in [-0.1, -0.05) is 12.8 Å². The molecule has 3 heterocycles. The Labute approximate surface area is 143 Å². The molecule has 1 aromatic heterocycles. The third-order valence-electron chi connectivity index (χ3n) is 5.86. The van der Waals surface area contributed by atoms with Crippen molar-refractivity contribution in [2.75, 3.05) is 49.6 Å². The number of aromatic nitrogens is 1.